The molecular weight excluding hydrogens is 404 g/mol. The number of rotatable bonds is 6. The standard InChI is InChI=1S/C19H26N8O2S/c20-4-2-6-22-19-24-14(12-30-19)15-16(23-13-3-1-5-21-11-13)25-18(26-17(15)28)27-7-9-29-10-8-27/h2,4,6,12-13,21H,1,3,5,7-11,20H2,(H2,23,25,26,28). The summed E-state index contributed by atoms with van der Waals surface area (Å²) < 4.78 is 5.42. The van der Waals surface area contributed by atoms with Gasteiger partial charge >= 0.3 is 0 Å². The van der Waals surface area contributed by atoms with Crippen molar-refractivity contribution in [3.8, 4) is 11.3 Å². The number of anilines is 2. The number of morpholine rings is 1. The molecule has 0 amide bonds. The molecule has 5 N–H and O–H groups in total. The largest absolute Gasteiger partial charge is 0.405 e. The Balaban J connectivity index is 1.69. The molecule has 2 aliphatic heterocycles. The molecule has 4 heterocycles. The Hall–Kier alpha value is -2.76. The third-order valence-electron chi connectivity index (χ3n) is 4.99. The van der Waals surface area contributed by atoms with Gasteiger partial charge in [-0.25, -0.2) is 9.98 Å². The molecule has 2 aromatic heterocycles. The van der Waals surface area contributed by atoms with Crippen molar-refractivity contribution in [1.82, 2.24) is 20.3 Å². The van der Waals surface area contributed by atoms with Crippen LogP contribution < -0.4 is 26.8 Å². The maximum absolute atomic E-state index is 13.1. The lowest BCUT2D eigenvalue weighted by atomic mass is 10.1. The minimum atomic E-state index is -0.222. The summed E-state index contributed by atoms with van der Waals surface area (Å²) in [4.78, 5) is 31.6. The summed E-state index contributed by atoms with van der Waals surface area (Å²) in [6, 6.07) is 0.204. The maximum Gasteiger partial charge on any atom is 0.263 e. The minimum Gasteiger partial charge on any atom is -0.405 e. The fraction of sp³-hybridized carbons (Fsp3) is 0.474. The van der Waals surface area contributed by atoms with Gasteiger partial charge in [-0.15, -0.1) is 11.3 Å². The van der Waals surface area contributed by atoms with Crippen LogP contribution in [-0.4, -0.2) is 66.6 Å². The molecule has 1 atom stereocenters. The number of aromatic nitrogens is 3. The summed E-state index contributed by atoms with van der Waals surface area (Å²) >= 11 is 1.36. The Morgan fingerprint density at radius 1 is 1.37 bits per heavy atom. The normalized spacial score (nSPS) is 20.3. The highest BCUT2D eigenvalue weighted by atomic mass is 32.1. The number of piperidine rings is 1. The molecule has 2 fully saturated rings. The third kappa shape index (κ3) is 4.86. The van der Waals surface area contributed by atoms with E-state index in [9.17, 15) is 4.79 Å². The predicted molar refractivity (Wildman–Crippen MR) is 120 cm³/mol. The molecule has 30 heavy (non-hydrogen) atoms. The fourth-order valence-electron chi connectivity index (χ4n) is 3.49. The monoisotopic (exact) mass is 430 g/mol. The first-order chi connectivity index (χ1) is 14.7. The van der Waals surface area contributed by atoms with Gasteiger partial charge in [0, 0.05) is 37.3 Å². The molecule has 0 aromatic carbocycles. The van der Waals surface area contributed by atoms with Gasteiger partial charge in [-0.05, 0) is 31.7 Å². The smallest absolute Gasteiger partial charge is 0.263 e. The predicted octanol–water partition coefficient (Wildman–Crippen LogP) is 1.07. The summed E-state index contributed by atoms with van der Waals surface area (Å²) in [5.41, 5.74) is 6.09. The zero-order valence-electron chi connectivity index (χ0n) is 16.6. The average molecular weight is 431 g/mol. The Morgan fingerprint density at radius 2 is 2.23 bits per heavy atom. The summed E-state index contributed by atoms with van der Waals surface area (Å²) in [5.74, 6) is 1.11. The van der Waals surface area contributed by atoms with Crippen molar-refractivity contribution >= 4 is 34.4 Å². The van der Waals surface area contributed by atoms with Gasteiger partial charge in [0.05, 0.1) is 18.9 Å². The highest BCUT2D eigenvalue weighted by Crippen LogP contribution is 2.30. The fourth-order valence-corrected chi connectivity index (χ4v) is 4.15. The molecule has 2 aliphatic rings. The number of aromatic amines is 1. The molecule has 0 bridgehead atoms. The van der Waals surface area contributed by atoms with Crippen LogP contribution in [0.5, 0.6) is 0 Å². The maximum atomic E-state index is 13.1. The van der Waals surface area contributed by atoms with E-state index in [0.29, 0.717) is 54.5 Å². The van der Waals surface area contributed by atoms with Gasteiger partial charge in [0.25, 0.3) is 5.56 Å². The lowest BCUT2D eigenvalue weighted by molar-refractivity contribution is 0.122. The summed E-state index contributed by atoms with van der Waals surface area (Å²) in [6.07, 6.45) is 6.69. The van der Waals surface area contributed by atoms with Gasteiger partial charge in [-0.1, -0.05) is 0 Å². The molecule has 0 radical (unpaired) electrons. The molecule has 0 saturated carbocycles. The second-order valence-corrected chi connectivity index (χ2v) is 7.92. The number of allylic oxidation sites excluding steroid dienone is 1. The zero-order chi connectivity index (χ0) is 20.8. The number of aliphatic imine (C=N–C) groups is 1. The van der Waals surface area contributed by atoms with Gasteiger partial charge in [0.2, 0.25) is 11.1 Å². The number of ether oxygens (including phenoxy) is 1. The van der Waals surface area contributed by atoms with Crippen LogP contribution in [0, 0.1) is 0 Å². The van der Waals surface area contributed by atoms with Crippen molar-refractivity contribution in [3.63, 3.8) is 0 Å². The molecule has 1 unspecified atom stereocenters. The van der Waals surface area contributed by atoms with E-state index in [1.54, 1.807) is 12.3 Å². The van der Waals surface area contributed by atoms with Gasteiger partial charge in [-0.2, -0.15) is 4.98 Å². The van der Waals surface area contributed by atoms with E-state index in [-0.39, 0.29) is 11.6 Å². The van der Waals surface area contributed by atoms with Gasteiger partial charge < -0.3 is 26.0 Å². The zero-order valence-corrected chi connectivity index (χ0v) is 17.5. The van der Waals surface area contributed by atoms with Crippen LogP contribution in [0.2, 0.25) is 0 Å². The van der Waals surface area contributed by atoms with Gasteiger partial charge in [0.1, 0.15) is 11.4 Å². The van der Waals surface area contributed by atoms with Crippen LogP contribution in [0.3, 0.4) is 0 Å². The molecule has 4 rings (SSSR count). The Kier molecular flexibility index (Phi) is 6.72. The van der Waals surface area contributed by atoms with Crippen LogP contribution in [0.4, 0.5) is 16.9 Å². The lowest BCUT2D eigenvalue weighted by Gasteiger charge is -2.29. The molecule has 160 valence electrons. The number of nitrogens with two attached hydrogens (primary N) is 1. The highest BCUT2D eigenvalue weighted by Gasteiger charge is 2.23. The number of hydrogen-bond donors (Lipinski definition) is 4. The Labute approximate surface area is 178 Å². The first-order valence-electron chi connectivity index (χ1n) is 10.1. The second-order valence-electron chi connectivity index (χ2n) is 7.08. The number of nitrogens with one attached hydrogen (secondary N) is 3. The third-order valence-corrected chi connectivity index (χ3v) is 5.73. The summed E-state index contributed by atoms with van der Waals surface area (Å²) in [7, 11) is 0. The highest BCUT2D eigenvalue weighted by molar-refractivity contribution is 7.13. The lowest BCUT2D eigenvalue weighted by Crippen LogP contribution is -2.40. The molecule has 11 heteroatoms. The minimum absolute atomic E-state index is 0.204. The Morgan fingerprint density at radius 3 is 3.00 bits per heavy atom. The van der Waals surface area contributed by atoms with Crippen molar-refractivity contribution in [2.24, 2.45) is 10.7 Å². The van der Waals surface area contributed by atoms with Crippen molar-refractivity contribution in [3.05, 3.63) is 28.0 Å². The molecule has 10 nitrogen and oxygen atoms in total. The van der Waals surface area contributed by atoms with E-state index in [0.717, 1.165) is 25.9 Å². The van der Waals surface area contributed by atoms with Crippen LogP contribution >= 0.6 is 11.3 Å². The van der Waals surface area contributed by atoms with Gasteiger partial charge in [0.15, 0.2) is 0 Å². The SMILES string of the molecule is NC=CC=Nc1nc(-c2c(NC3CCCNC3)nc(N3CCOCC3)[nH]c2=O)cs1. The number of thiazole rings is 1. The van der Waals surface area contributed by atoms with E-state index < -0.39 is 0 Å². The van der Waals surface area contributed by atoms with Crippen LogP contribution in [0.25, 0.3) is 11.3 Å². The molecular formula is C19H26N8O2S. The van der Waals surface area contributed by atoms with E-state index in [1.165, 1.54) is 17.5 Å². The van der Waals surface area contributed by atoms with Crippen molar-refractivity contribution < 1.29 is 4.74 Å². The van der Waals surface area contributed by atoms with Crippen molar-refractivity contribution in [2.45, 2.75) is 18.9 Å². The number of H-pyrrole nitrogens is 1. The van der Waals surface area contributed by atoms with Gasteiger partial charge in [-0.3, -0.25) is 9.78 Å². The molecule has 2 saturated heterocycles. The topological polar surface area (TPSA) is 134 Å². The molecule has 0 aliphatic carbocycles. The first-order valence-corrected chi connectivity index (χ1v) is 10.9. The van der Waals surface area contributed by atoms with Crippen LogP contribution in [0.1, 0.15) is 12.8 Å². The molecule has 2 aromatic rings. The van der Waals surface area contributed by atoms with Crippen molar-refractivity contribution in [1.29, 1.82) is 0 Å². The van der Waals surface area contributed by atoms with Crippen LogP contribution in [-0.2, 0) is 4.74 Å². The van der Waals surface area contributed by atoms with E-state index >= 15 is 0 Å². The second kappa shape index (κ2) is 9.83. The Bertz CT molecular complexity index is 958. The first kappa shape index (κ1) is 20.5. The quantitative estimate of drug-likeness (QED) is 0.500. The average Bonchev–Trinajstić information content (AvgIpc) is 3.23. The summed E-state index contributed by atoms with van der Waals surface area (Å²) in [6.45, 7) is 4.46. The van der Waals surface area contributed by atoms with E-state index in [4.69, 9.17) is 15.5 Å². The number of nitrogens with zero attached hydrogens (tertiary/aromatic N) is 4. The van der Waals surface area contributed by atoms with E-state index in [1.807, 2.05) is 10.3 Å². The number of hydrogen-bond acceptors (Lipinski definition) is 10. The molecule has 0 spiro atoms. The van der Waals surface area contributed by atoms with Crippen LogP contribution in [0.15, 0.2) is 27.4 Å². The van der Waals surface area contributed by atoms with Crippen molar-refractivity contribution in [2.75, 3.05) is 49.6 Å². The van der Waals surface area contributed by atoms with E-state index in [2.05, 4.69) is 25.6 Å². The summed E-state index contributed by atoms with van der Waals surface area (Å²) in [5, 5.41) is 9.23.